The van der Waals surface area contributed by atoms with Crippen molar-refractivity contribution in [2.24, 2.45) is 17.6 Å². The van der Waals surface area contributed by atoms with E-state index in [2.05, 4.69) is 5.32 Å². The lowest BCUT2D eigenvalue weighted by Crippen LogP contribution is -2.53. The summed E-state index contributed by atoms with van der Waals surface area (Å²) in [6, 6.07) is 6.06. The minimum absolute atomic E-state index is 0.0205. The Labute approximate surface area is 131 Å². The first-order valence-corrected chi connectivity index (χ1v) is 8.25. The molecular formula is C17H23ClN2O. The molecule has 3 nitrogen and oxygen atoms in total. The van der Waals surface area contributed by atoms with E-state index in [0.717, 1.165) is 18.4 Å². The van der Waals surface area contributed by atoms with Gasteiger partial charge in [-0.05, 0) is 68.2 Å². The van der Waals surface area contributed by atoms with Gasteiger partial charge in [-0.25, -0.2) is 0 Å². The molecule has 1 aromatic carbocycles. The van der Waals surface area contributed by atoms with E-state index < -0.39 is 0 Å². The molecule has 2 aliphatic carbocycles. The predicted molar refractivity (Wildman–Crippen MR) is 85.5 cm³/mol. The highest BCUT2D eigenvalue weighted by Crippen LogP contribution is 2.39. The average Bonchev–Trinajstić information content (AvgIpc) is 2.42. The van der Waals surface area contributed by atoms with Gasteiger partial charge < -0.3 is 11.1 Å². The van der Waals surface area contributed by atoms with E-state index >= 15 is 0 Å². The first kappa shape index (κ1) is 14.9. The van der Waals surface area contributed by atoms with Crippen LogP contribution in [0, 0.1) is 18.8 Å². The number of hydrogen-bond donors (Lipinski definition) is 2. The van der Waals surface area contributed by atoms with E-state index in [1.165, 1.54) is 19.3 Å². The van der Waals surface area contributed by atoms with Crippen molar-refractivity contribution < 1.29 is 4.79 Å². The van der Waals surface area contributed by atoms with Crippen molar-refractivity contribution in [3.8, 4) is 0 Å². The second-order valence-electron chi connectivity index (χ2n) is 6.65. The molecule has 2 saturated carbocycles. The van der Waals surface area contributed by atoms with E-state index in [-0.39, 0.29) is 5.91 Å². The van der Waals surface area contributed by atoms with Crippen LogP contribution < -0.4 is 11.1 Å². The minimum atomic E-state index is 0.0205. The number of rotatable bonds is 2. The first-order chi connectivity index (χ1) is 10.0. The highest BCUT2D eigenvalue weighted by atomic mass is 35.5. The smallest absolute Gasteiger partial charge is 0.251 e. The fraction of sp³-hybridized carbons (Fsp3) is 0.588. The largest absolute Gasteiger partial charge is 0.349 e. The van der Waals surface area contributed by atoms with Crippen LogP contribution >= 0.6 is 11.6 Å². The summed E-state index contributed by atoms with van der Waals surface area (Å²) in [4.78, 5) is 12.5. The van der Waals surface area contributed by atoms with E-state index in [1.807, 2.05) is 13.0 Å². The Bertz CT molecular complexity index is 532. The average molecular weight is 307 g/mol. The third-order valence-corrected chi connectivity index (χ3v) is 5.52. The molecule has 4 heteroatoms. The first-order valence-electron chi connectivity index (χ1n) is 7.87. The highest BCUT2D eigenvalue weighted by molar-refractivity contribution is 6.31. The Morgan fingerprint density at radius 2 is 1.95 bits per heavy atom. The lowest BCUT2D eigenvalue weighted by atomic mass is 9.67. The molecule has 21 heavy (non-hydrogen) atoms. The van der Waals surface area contributed by atoms with Gasteiger partial charge in [-0.3, -0.25) is 4.79 Å². The lowest BCUT2D eigenvalue weighted by molar-refractivity contribution is 0.0756. The van der Waals surface area contributed by atoms with Crippen LogP contribution in [0.1, 0.15) is 48.0 Å². The van der Waals surface area contributed by atoms with Gasteiger partial charge in [0, 0.05) is 22.7 Å². The number of aryl methyl sites for hydroxylation is 1. The van der Waals surface area contributed by atoms with Crippen molar-refractivity contribution in [1.29, 1.82) is 0 Å². The second-order valence-corrected chi connectivity index (χ2v) is 7.05. The molecule has 0 spiro atoms. The quantitative estimate of drug-likeness (QED) is 0.881. The van der Waals surface area contributed by atoms with Crippen molar-refractivity contribution in [2.45, 2.75) is 51.1 Å². The molecule has 0 aromatic heterocycles. The summed E-state index contributed by atoms with van der Waals surface area (Å²) in [7, 11) is 0. The van der Waals surface area contributed by atoms with Crippen LogP contribution in [0.3, 0.4) is 0 Å². The minimum Gasteiger partial charge on any atom is -0.349 e. The van der Waals surface area contributed by atoms with Crippen molar-refractivity contribution in [3.63, 3.8) is 0 Å². The van der Waals surface area contributed by atoms with Crippen LogP contribution in [0.4, 0.5) is 0 Å². The Balaban J connectivity index is 1.73. The standard InChI is InChI=1S/C17H23ClN2O/c1-10-7-13(5-6-15(10)18)17(21)20-16-11-3-2-4-12(16)9-14(19)8-11/h5-7,11-12,14,16H,2-4,8-9,19H2,1H3,(H,20,21). The number of nitrogens with two attached hydrogens (primary N) is 1. The summed E-state index contributed by atoms with van der Waals surface area (Å²) in [5.74, 6) is 1.11. The summed E-state index contributed by atoms with van der Waals surface area (Å²) < 4.78 is 0. The fourth-order valence-electron chi connectivity index (χ4n) is 4.05. The lowest BCUT2D eigenvalue weighted by Gasteiger charge is -2.45. The van der Waals surface area contributed by atoms with E-state index in [4.69, 9.17) is 17.3 Å². The van der Waals surface area contributed by atoms with E-state index in [9.17, 15) is 4.79 Å². The zero-order chi connectivity index (χ0) is 15.0. The van der Waals surface area contributed by atoms with Crippen molar-refractivity contribution in [2.75, 3.05) is 0 Å². The Morgan fingerprint density at radius 1 is 1.29 bits per heavy atom. The monoisotopic (exact) mass is 306 g/mol. The molecule has 2 atom stereocenters. The fourth-order valence-corrected chi connectivity index (χ4v) is 4.16. The maximum atomic E-state index is 12.5. The Kier molecular flexibility index (Phi) is 4.23. The van der Waals surface area contributed by atoms with Crippen LogP contribution in [-0.4, -0.2) is 18.0 Å². The summed E-state index contributed by atoms with van der Waals surface area (Å²) >= 11 is 6.03. The highest BCUT2D eigenvalue weighted by Gasteiger charge is 2.39. The molecule has 2 bridgehead atoms. The van der Waals surface area contributed by atoms with Gasteiger partial charge in [0.2, 0.25) is 0 Å². The van der Waals surface area contributed by atoms with Crippen LogP contribution in [0.15, 0.2) is 18.2 Å². The van der Waals surface area contributed by atoms with Gasteiger partial charge in [0.05, 0.1) is 0 Å². The maximum absolute atomic E-state index is 12.5. The molecule has 1 amide bonds. The van der Waals surface area contributed by atoms with Crippen LogP contribution in [0.5, 0.6) is 0 Å². The van der Waals surface area contributed by atoms with E-state index in [0.29, 0.717) is 34.5 Å². The molecule has 1 aromatic rings. The van der Waals surface area contributed by atoms with Gasteiger partial charge in [0.25, 0.3) is 5.91 Å². The maximum Gasteiger partial charge on any atom is 0.251 e. The van der Waals surface area contributed by atoms with Gasteiger partial charge in [-0.2, -0.15) is 0 Å². The third-order valence-electron chi connectivity index (χ3n) is 5.09. The van der Waals surface area contributed by atoms with Crippen LogP contribution in [0.2, 0.25) is 5.02 Å². The number of amides is 1. The molecule has 0 radical (unpaired) electrons. The summed E-state index contributed by atoms with van der Waals surface area (Å²) in [5.41, 5.74) is 7.78. The topological polar surface area (TPSA) is 55.1 Å². The number of benzene rings is 1. The normalized spacial score (nSPS) is 31.8. The third kappa shape index (κ3) is 3.09. The molecule has 2 fully saturated rings. The molecular weight excluding hydrogens is 284 g/mol. The van der Waals surface area contributed by atoms with Gasteiger partial charge in [0.15, 0.2) is 0 Å². The Hall–Kier alpha value is -1.06. The number of carbonyl (C=O) groups is 1. The zero-order valence-electron chi connectivity index (χ0n) is 12.4. The zero-order valence-corrected chi connectivity index (χ0v) is 13.2. The van der Waals surface area contributed by atoms with Crippen molar-refractivity contribution in [1.82, 2.24) is 5.32 Å². The molecule has 0 aliphatic heterocycles. The van der Waals surface area contributed by atoms with Crippen molar-refractivity contribution in [3.05, 3.63) is 34.3 Å². The second kappa shape index (κ2) is 5.98. The predicted octanol–water partition coefficient (Wildman–Crippen LogP) is 3.28. The molecule has 2 aliphatic rings. The molecule has 2 unspecified atom stereocenters. The van der Waals surface area contributed by atoms with E-state index in [1.54, 1.807) is 12.1 Å². The molecule has 0 heterocycles. The summed E-state index contributed by atoms with van der Waals surface area (Å²) in [6.07, 6.45) is 5.74. The molecule has 0 saturated heterocycles. The number of fused-ring (bicyclic) bond motifs is 2. The van der Waals surface area contributed by atoms with Gasteiger partial charge in [0.1, 0.15) is 0 Å². The molecule has 3 N–H and O–H groups in total. The van der Waals surface area contributed by atoms with Gasteiger partial charge >= 0.3 is 0 Å². The number of halogens is 1. The summed E-state index contributed by atoms with van der Waals surface area (Å²) in [6.45, 7) is 1.92. The molecule has 114 valence electrons. The van der Waals surface area contributed by atoms with Crippen LogP contribution in [0.25, 0.3) is 0 Å². The molecule has 3 rings (SSSR count). The Morgan fingerprint density at radius 3 is 2.57 bits per heavy atom. The SMILES string of the molecule is Cc1cc(C(=O)NC2C3CCCC2CC(N)C3)ccc1Cl. The van der Waals surface area contributed by atoms with Gasteiger partial charge in [-0.1, -0.05) is 18.0 Å². The number of carbonyl (C=O) groups excluding carboxylic acids is 1. The number of hydrogen-bond acceptors (Lipinski definition) is 2. The summed E-state index contributed by atoms with van der Waals surface area (Å²) in [5, 5.41) is 3.97. The number of nitrogens with one attached hydrogen (secondary N) is 1. The van der Waals surface area contributed by atoms with Gasteiger partial charge in [-0.15, -0.1) is 0 Å². The van der Waals surface area contributed by atoms with Crippen molar-refractivity contribution >= 4 is 17.5 Å². The van der Waals surface area contributed by atoms with Crippen LogP contribution in [-0.2, 0) is 0 Å².